The van der Waals surface area contributed by atoms with Crippen molar-refractivity contribution in [3.05, 3.63) is 22.7 Å². The molecule has 0 aromatic heterocycles. The van der Waals surface area contributed by atoms with E-state index in [1.54, 1.807) is 6.20 Å². The number of ether oxygens (including phenoxy) is 1. The van der Waals surface area contributed by atoms with Gasteiger partial charge in [0.15, 0.2) is 0 Å². The number of nitrogens with zero attached hydrogens (tertiary/aromatic N) is 4. The van der Waals surface area contributed by atoms with Gasteiger partial charge in [-0.15, -0.1) is 0 Å². The first-order valence-corrected chi connectivity index (χ1v) is 5.13. The zero-order valence-corrected chi connectivity index (χ0v) is 9.75. The second-order valence-corrected chi connectivity index (χ2v) is 4.58. The highest BCUT2D eigenvalue weighted by atomic mass is 16.6. The van der Waals surface area contributed by atoms with Gasteiger partial charge in [0.25, 0.3) is 0 Å². The summed E-state index contributed by atoms with van der Waals surface area (Å²) in [7, 11) is 0. The highest BCUT2D eigenvalue weighted by Gasteiger charge is 2.28. The molecule has 0 N–H and O–H groups in total. The van der Waals surface area contributed by atoms with Crippen LogP contribution >= 0.6 is 0 Å². The van der Waals surface area contributed by atoms with E-state index in [0.717, 1.165) is 0 Å². The lowest BCUT2D eigenvalue weighted by Gasteiger charge is -2.27. The van der Waals surface area contributed by atoms with Gasteiger partial charge in [-0.1, -0.05) is 11.2 Å². The van der Waals surface area contributed by atoms with E-state index in [4.69, 9.17) is 10.3 Å². The van der Waals surface area contributed by atoms with E-state index in [1.807, 2.05) is 26.8 Å². The van der Waals surface area contributed by atoms with E-state index in [1.165, 1.54) is 4.90 Å². The maximum atomic E-state index is 11.8. The minimum absolute atomic E-state index is 0.120. The number of hydrogen-bond donors (Lipinski definition) is 0. The molecule has 0 saturated carbocycles. The monoisotopic (exact) mass is 224 g/mol. The lowest BCUT2D eigenvalue weighted by Crippen LogP contribution is -2.39. The van der Waals surface area contributed by atoms with Gasteiger partial charge < -0.3 is 4.74 Å². The van der Waals surface area contributed by atoms with Gasteiger partial charge in [0.2, 0.25) is 0 Å². The van der Waals surface area contributed by atoms with Crippen molar-refractivity contribution in [1.29, 1.82) is 0 Å². The van der Waals surface area contributed by atoms with Crippen LogP contribution in [0.5, 0.6) is 0 Å². The molecule has 1 rings (SSSR count). The Hall–Kier alpha value is -1.68. The predicted octanol–water partition coefficient (Wildman–Crippen LogP) is 2.82. The van der Waals surface area contributed by atoms with Crippen LogP contribution in [-0.4, -0.2) is 29.2 Å². The fraction of sp³-hybridized carbons (Fsp3) is 0.700. The summed E-state index contributed by atoms with van der Waals surface area (Å²) in [6.07, 6.45) is 3.82. The van der Waals surface area contributed by atoms with Gasteiger partial charge in [0.1, 0.15) is 5.60 Å². The molecule has 0 aromatic rings. The fourth-order valence-electron chi connectivity index (χ4n) is 1.38. The highest BCUT2D eigenvalue weighted by Crippen LogP contribution is 2.19. The molecule has 6 nitrogen and oxygen atoms in total. The molecule has 1 aliphatic rings. The van der Waals surface area contributed by atoms with Crippen LogP contribution in [0, 0.1) is 0 Å². The molecule has 1 amide bonds. The van der Waals surface area contributed by atoms with Gasteiger partial charge in [-0.25, -0.2) is 4.79 Å². The van der Waals surface area contributed by atoms with E-state index >= 15 is 0 Å². The van der Waals surface area contributed by atoms with Crippen LogP contribution in [0.2, 0.25) is 0 Å². The Labute approximate surface area is 94.5 Å². The maximum absolute atomic E-state index is 11.8. The first kappa shape index (κ1) is 12.4. The molecule has 6 heteroatoms. The maximum Gasteiger partial charge on any atom is 0.414 e. The van der Waals surface area contributed by atoms with E-state index in [0.29, 0.717) is 6.42 Å². The molecule has 0 fully saturated rings. The van der Waals surface area contributed by atoms with E-state index in [9.17, 15) is 4.79 Å². The number of hydrogen-bond acceptors (Lipinski definition) is 3. The summed E-state index contributed by atoms with van der Waals surface area (Å²) in [5, 5.41) is 3.47. The van der Waals surface area contributed by atoms with Crippen LogP contribution in [0.15, 0.2) is 17.4 Å². The predicted molar refractivity (Wildman–Crippen MR) is 59.6 cm³/mol. The van der Waals surface area contributed by atoms with Crippen molar-refractivity contribution >= 4 is 6.09 Å². The largest absolute Gasteiger partial charge is 0.443 e. The third-order valence-electron chi connectivity index (χ3n) is 2.03. The van der Waals surface area contributed by atoms with Crippen molar-refractivity contribution in [2.24, 2.45) is 5.11 Å². The average molecular weight is 224 g/mol. The van der Waals surface area contributed by atoms with Gasteiger partial charge >= 0.3 is 6.09 Å². The molecule has 0 aromatic carbocycles. The number of azide groups is 1. The summed E-state index contributed by atoms with van der Waals surface area (Å²) < 4.78 is 5.23. The molecule has 16 heavy (non-hydrogen) atoms. The minimum Gasteiger partial charge on any atom is -0.443 e. The Morgan fingerprint density at radius 3 is 2.94 bits per heavy atom. The molecule has 1 heterocycles. The van der Waals surface area contributed by atoms with Crippen LogP contribution < -0.4 is 0 Å². The SMILES string of the molecule is CC(C)(C)OC(=O)N1C=CCC1CN=[N+]=[N-]. The highest BCUT2D eigenvalue weighted by molar-refractivity contribution is 5.70. The zero-order valence-electron chi connectivity index (χ0n) is 9.75. The number of carbonyl (C=O) groups excluding carboxylic acids is 1. The lowest BCUT2D eigenvalue weighted by atomic mass is 10.2. The van der Waals surface area contributed by atoms with E-state index < -0.39 is 11.7 Å². The standard InChI is InChI=1S/C10H16N4O2/c1-10(2,3)16-9(15)14-6-4-5-8(14)7-12-13-11/h4,6,8H,5,7H2,1-3H3. The van der Waals surface area contributed by atoms with Crippen LogP contribution in [0.3, 0.4) is 0 Å². The second-order valence-electron chi connectivity index (χ2n) is 4.58. The molecule has 0 saturated heterocycles. The molecular formula is C10H16N4O2. The van der Waals surface area contributed by atoms with Crippen molar-refractivity contribution in [3.63, 3.8) is 0 Å². The molecule has 0 aliphatic carbocycles. The van der Waals surface area contributed by atoms with Crippen LogP contribution in [-0.2, 0) is 4.74 Å². The molecule has 0 spiro atoms. The summed E-state index contributed by atoms with van der Waals surface area (Å²) in [5.74, 6) is 0. The van der Waals surface area contributed by atoms with Crippen molar-refractivity contribution in [2.45, 2.75) is 38.8 Å². The second kappa shape index (κ2) is 4.90. The number of amides is 1. The molecule has 88 valence electrons. The zero-order chi connectivity index (χ0) is 12.2. The average Bonchev–Trinajstić information content (AvgIpc) is 2.59. The lowest BCUT2D eigenvalue weighted by molar-refractivity contribution is 0.0293. The Kier molecular flexibility index (Phi) is 3.79. The van der Waals surface area contributed by atoms with Gasteiger partial charge in [-0.2, -0.15) is 0 Å². The van der Waals surface area contributed by atoms with Crippen molar-refractivity contribution in [1.82, 2.24) is 4.90 Å². The quantitative estimate of drug-likeness (QED) is 0.410. The summed E-state index contributed by atoms with van der Waals surface area (Å²) in [6.45, 7) is 5.70. The first-order valence-electron chi connectivity index (χ1n) is 5.13. The Balaban J connectivity index is 2.60. The smallest absolute Gasteiger partial charge is 0.414 e. The molecule has 1 aliphatic heterocycles. The van der Waals surface area contributed by atoms with Crippen molar-refractivity contribution < 1.29 is 9.53 Å². The topological polar surface area (TPSA) is 78.3 Å². The molecule has 1 unspecified atom stereocenters. The van der Waals surface area contributed by atoms with Gasteiger partial charge in [-0.3, -0.25) is 4.90 Å². The number of rotatable bonds is 2. The van der Waals surface area contributed by atoms with Crippen molar-refractivity contribution in [3.8, 4) is 0 Å². The minimum atomic E-state index is -0.517. The van der Waals surface area contributed by atoms with Crippen molar-refractivity contribution in [2.75, 3.05) is 6.54 Å². The third kappa shape index (κ3) is 3.47. The molecular weight excluding hydrogens is 208 g/mol. The summed E-state index contributed by atoms with van der Waals surface area (Å²) in [4.78, 5) is 15.9. The Bertz CT molecular complexity index is 339. The van der Waals surface area contributed by atoms with Gasteiger partial charge in [0, 0.05) is 23.7 Å². The Morgan fingerprint density at radius 1 is 1.69 bits per heavy atom. The molecule has 0 radical (unpaired) electrons. The fourth-order valence-corrected chi connectivity index (χ4v) is 1.38. The molecule has 1 atom stereocenters. The summed E-state index contributed by atoms with van der Waals surface area (Å²) in [5.41, 5.74) is 7.72. The van der Waals surface area contributed by atoms with Crippen LogP contribution in [0.4, 0.5) is 4.79 Å². The number of carbonyl (C=O) groups is 1. The van der Waals surface area contributed by atoms with Gasteiger partial charge in [0.05, 0.1) is 0 Å². The van der Waals surface area contributed by atoms with E-state index in [2.05, 4.69) is 10.0 Å². The third-order valence-corrected chi connectivity index (χ3v) is 2.03. The van der Waals surface area contributed by atoms with E-state index in [-0.39, 0.29) is 12.6 Å². The first-order chi connectivity index (χ1) is 7.44. The summed E-state index contributed by atoms with van der Waals surface area (Å²) >= 11 is 0. The summed E-state index contributed by atoms with van der Waals surface area (Å²) in [6, 6.07) is -0.120. The normalized spacial score (nSPS) is 19.4. The molecule has 0 bridgehead atoms. The van der Waals surface area contributed by atoms with Crippen LogP contribution in [0.1, 0.15) is 27.2 Å². The van der Waals surface area contributed by atoms with Gasteiger partial charge in [-0.05, 0) is 32.7 Å². The Morgan fingerprint density at radius 2 is 2.38 bits per heavy atom. The van der Waals surface area contributed by atoms with Crippen LogP contribution in [0.25, 0.3) is 10.4 Å².